The summed E-state index contributed by atoms with van der Waals surface area (Å²) >= 11 is 0. The molecule has 1 fully saturated rings. The molecule has 1 saturated heterocycles. The van der Waals surface area contributed by atoms with Crippen molar-refractivity contribution in [3.63, 3.8) is 0 Å². The highest BCUT2D eigenvalue weighted by molar-refractivity contribution is 6.07. The molecular weight excluding hydrogens is 316 g/mol. The van der Waals surface area contributed by atoms with Crippen molar-refractivity contribution in [2.45, 2.75) is 18.1 Å². The minimum absolute atomic E-state index is 0.247. The Bertz CT molecular complexity index is 945. The molecule has 2 aliphatic rings. The summed E-state index contributed by atoms with van der Waals surface area (Å²) in [6, 6.07) is 33.0. The number of hydrogen-bond donors (Lipinski definition) is 0. The molecule has 2 aliphatic heterocycles. The molecule has 0 aromatic heterocycles. The topological polar surface area (TPSA) is 15.4 Å². The summed E-state index contributed by atoms with van der Waals surface area (Å²) in [4.78, 5) is 7.43. The Labute approximate surface area is 154 Å². The molecule has 0 bridgehead atoms. The lowest BCUT2D eigenvalue weighted by Crippen LogP contribution is -2.15. The van der Waals surface area contributed by atoms with Crippen LogP contribution < -0.4 is 0 Å². The largest absolute Gasteiger partial charge is 0.273 e. The Hall–Kier alpha value is -2.97. The summed E-state index contributed by atoms with van der Waals surface area (Å²) in [5.74, 6) is 0. The third-order valence-corrected chi connectivity index (χ3v) is 5.29. The zero-order chi connectivity index (χ0) is 17.3. The summed E-state index contributed by atoms with van der Waals surface area (Å²) in [5.41, 5.74) is 5.04. The van der Waals surface area contributed by atoms with Gasteiger partial charge in [-0.2, -0.15) is 0 Å². The Kier molecular flexibility index (Phi) is 3.76. The smallest absolute Gasteiger partial charge is 0.0740 e. The van der Waals surface area contributed by atoms with Gasteiger partial charge in [-0.25, -0.2) is 0 Å². The lowest BCUT2D eigenvalue weighted by Gasteiger charge is -2.16. The van der Waals surface area contributed by atoms with E-state index in [1.165, 1.54) is 16.7 Å². The number of nitrogens with zero attached hydrogens (tertiary/aromatic N) is 2. The minimum atomic E-state index is 0.247. The highest BCUT2D eigenvalue weighted by Crippen LogP contribution is 2.52. The molecule has 0 aliphatic carbocycles. The quantitative estimate of drug-likeness (QED) is 0.602. The Morgan fingerprint density at radius 2 is 1.19 bits per heavy atom. The standard InChI is InChI=1S/C24H20N2/c1-4-10-18(11-5-1)21-16-17-25-22(19-12-6-2-7-13-19)24-23(26(21)24)20-14-8-3-9-15-20/h1-17,21,23-24H/t21-,23+,24+,26?/m0/s1. The predicted molar refractivity (Wildman–Crippen MR) is 106 cm³/mol. The monoisotopic (exact) mass is 336 g/mol. The van der Waals surface area contributed by atoms with Crippen LogP contribution in [0.1, 0.15) is 28.8 Å². The van der Waals surface area contributed by atoms with E-state index in [-0.39, 0.29) is 6.04 Å². The molecule has 1 unspecified atom stereocenters. The van der Waals surface area contributed by atoms with Crippen LogP contribution in [0.5, 0.6) is 0 Å². The number of aliphatic imine (C=N–C) groups is 1. The van der Waals surface area contributed by atoms with Crippen molar-refractivity contribution in [1.29, 1.82) is 0 Å². The maximum atomic E-state index is 4.86. The number of rotatable bonds is 3. The van der Waals surface area contributed by atoms with E-state index in [0.717, 1.165) is 5.71 Å². The highest BCUT2D eigenvalue weighted by Gasteiger charge is 2.55. The molecular formula is C24H20N2. The summed E-state index contributed by atoms with van der Waals surface area (Å²) in [5, 5.41) is 0. The van der Waals surface area contributed by atoms with Gasteiger partial charge in [0.2, 0.25) is 0 Å². The molecule has 0 radical (unpaired) electrons. The molecule has 0 spiro atoms. The van der Waals surface area contributed by atoms with Crippen LogP contribution in [0.3, 0.4) is 0 Å². The van der Waals surface area contributed by atoms with Gasteiger partial charge in [-0.15, -0.1) is 0 Å². The van der Waals surface area contributed by atoms with Gasteiger partial charge in [-0.3, -0.25) is 9.89 Å². The fourth-order valence-electron chi connectivity index (χ4n) is 4.06. The first-order valence-corrected chi connectivity index (χ1v) is 9.10. The van der Waals surface area contributed by atoms with Crippen molar-refractivity contribution in [2.75, 3.05) is 0 Å². The van der Waals surface area contributed by atoms with E-state index in [1.54, 1.807) is 0 Å². The summed E-state index contributed by atoms with van der Waals surface area (Å²) in [7, 11) is 0. The van der Waals surface area contributed by atoms with Crippen LogP contribution in [0, 0.1) is 0 Å². The van der Waals surface area contributed by atoms with E-state index in [4.69, 9.17) is 4.99 Å². The van der Waals surface area contributed by atoms with E-state index < -0.39 is 0 Å². The van der Waals surface area contributed by atoms with Crippen molar-refractivity contribution < 1.29 is 0 Å². The zero-order valence-electron chi connectivity index (χ0n) is 14.4. The van der Waals surface area contributed by atoms with Crippen LogP contribution in [0.15, 0.2) is 108 Å². The van der Waals surface area contributed by atoms with Gasteiger partial charge in [0.15, 0.2) is 0 Å². The van der Waals surface area contributed by atoms with Crippen LogP contribution in [-0.4, -0.2) is 16.7 Å². The summed E-state index contributed by atoms with van der Waals surface area (Å²) in [6.07, 6.45) is 4.20. The second kappa shape index (κ2) is 6.40. The SMILES string of the molecule is C1=C[C@@H](c2ccccc2)N2[C@H](C(c3ccccc3)=N1)[C@H]2c1ccccc1. The molecule has 126 valence electrons. The molecule has 5 rings (SSSR count). The van der Waals surface area contributed by atoms with Crippen LogP contribution in [0.2, 0.25) is 0 Å². The number of benzene rings is 3. The Morgan fingerprint density at radius 1 is 0.615 bits per heavy atom. The molecule has 0 saturated carbocycles. The maximum Gasteiger partial charge on any atom is 0.0740 e. The van der Waals surface area contributed by atoms with Gasteiger partial charge in [0.1, 0.15) is 0 Å². The summed E-state index contributed by atoms with van der Waals surface area (Å²) in [6.45, 7) is 0. The lowest BCUT2D eigenvalue weighted by atomic mass is 10.0. The average Bonchev–Trinajstić information content (AvgIpc) is 3.47. The minimum Gasteiger partial charge on any atom is -0.273 e. The number of fused-ring (bicyclic) bond motifs is 1. The van der Waals surface area contributed by atoms with Gasteiger partial charge in [0, 0.05) is 6.20 Å². The third kappa shape index (κ3) is 2.59. The van der Waals surface area contributed by atoms with Crippen molar-refractivity contribution in [2.24, 2.45) is 4.99 Å². The van der Waals surface area contributed by atoms with Gasteiger partial charge in [0.05, 0.1) is 23.8 Å². The molecule has 3 aromatic carbocycles. The fraction of sp³-hybridized carbons (Fsp3) is 0.125. The van der Waals surface area contributed by atoms with Crippen LogP contribution >= 0.6 is 0 Å². The first-order chi connectivity index (χ1) is 12.9. The first kappa shape index (κ1) is 15.3. The van der Waals surface area contributed by atoms with Crippen LogP contribution in [0.4, 0.5) is 0 Å². The molecule has 2 heterocycles. The fourth-order valence-corrected chi connectivity index (χ4v) is 4.06. The summed E-state index contributed by atoms with van der Waals surface area (Å²) < 4.78 is 0. The van der Waals surface area contributed by atoms with E-state index in [2.05, 4.69) is 102 Å². The van der Waals surface area contributed by atoms with Gasteiger partial charge in [-0.1, -0.05) is 91.0 Å². The lowest BCUT2D eigenvalue weighted by molar-refractivity contribution is 0.438. The molecule has 3 aromatic rings. The predicted octanol–water partition coefficient (Wildman–Crippen LogP) is 5.17. The van der Waals surface area contributed by atoms with E-state index in [1.807, 2.05) is 6.20 Å². The van der Waals surface area contributed by atoms with Gasteiger partial charge >= 0.3 is 0 Å². The second-order valence-corrected chi connectivity index (χ2v) is 6.82. The van der Waals surface area contributed by atoms with E-state index >= 15 is 0 Å². The van der Waals surface area contributed by atoms with Gasteiger partial charge in [0.25, 0.3) is 0 Å². The molecule has 26 heavy (non-hydrogen) atoms. The molecule has 4 atom stereocenters. The van der Waals surface area contributed by atoms with E-state index in [0.29, 0.717) is 12.1 Å². The normalized spacial score (nSPS) is 26.5. The first-order valence-electron chi connectivity index (χ1n) is 9.10. The molecule has 0 amide bonds. The van der Waals surface area contributed by atoms with Gasteiger partial charge < -0.3 is 0 Å². The van der Waals surface area contributed by atoms with Crippen molar-refractivity contribution >= 4 is 5.71 Å². The van der Waals surface area contributed by atoms with Crippen molar-refractivity contribution in [1.82, 2.24) is 4.90 Å². The molecule has 2 heteroatoms. The van der Waals surface area contributed by atoms with E-state index in [9.17, 15) is 0 Å². The van der Waals surface area contributed by atoms with Crippen molar-refractivity contribution in [3.05, 3.63) is 120 Å². The molecule has 0 N–H and O–H groups in total. The number of hydrogen-bond acceptors (Lipinski definition) is 2. The zero-order valence-corrected chi connectivity index (χ0v) is 14.4. The van der Waals surface area contributed by atoms with Gasteiger partial charge in [-0.05, 0) is 22.8 Å². The maximum absolute atomic E-state index is 4.86. The highest BCUT2D eigenvalue weighted by atomic mass is 15.4. The average molecular weight is 336 g/mol. The van der Waals surface area contributed by atoms with Crippen LogP contribution in [0.25, 0.3) is 0 Å². The van der Waals surface area contributed by atoms with Crippen LogP contribution in [-0.2, 0) is 0 Å². The Morgan fingerprint density at radius 3 is 1.85 bits per heavy atom. The Balaban J connectivity index is 1.58. The molecule has 2 nitrogen and oxygen atoms in total. The second-order valence-electron chi connectivity index (χ2n) is 6.82. The van der Waals surface area contributed by atoms with Crippen molar-refractivity contribution in [3.8, 4) is 0 Å². The third-order valence-electron chi connectivity index (χ3n) is 5.29.